The standard InChI is InChI=1S/C33H55N3O24/c1-9(41)34-17-12(44)4-33(32(52)53,59-27(17)20(46)13(45)5-37)60-28-23(49)16(8-40)56-31(24(28)50)58-26-19(36-11(3)43)30(55-15(7-39)22(26)48)57-25-18(35-10(2)42)29(51)54-14(6-38)21(25)47/h12-31,37-40,44-51H,4-8H2,1-3H3,(H,34,41)(H,35,42)(H,36,43)(H,52,53)/t12-,13+,14+,15+,16+,17+,18+,19+,20+,21-,22+,23-,24+,25+,26+,27+,28-,29?,30-,31-,33-/m0/s1. The Labute approximate surface area is 340 Å². The van der Waals surface area contributed by atoms with E-state index in [9.17, 15) is 85.6 Å². The Morgan fingerprint density at radius 1 is 0.650 bits per heavy atom. The summed E-state index contributed by atoms with van der Waals surface area (Å²) in [6.07, 6.45) is -34.4. The van der Waals surface area contributed by atoms with Crippen molar-refractivity contribution < 1.29 is 119 Å². The van der Waals surface area contributed by atoms with Gasteiger partial charge >= 0.3 is 5.97 Å². The molecule has 21 atom stereocenters. The molecule has 346 valence electrons. The van der Waals surface area contributed by atoms with E-state index < -0.39 is 185 Å². The molecule has 0 spiro atoms. The molecule has 27 nitrogen and oxygen atoms in total. The number of aliphatic hydroxyl groups is 12. The third-order valence-corrected chi connectivity index (χ3v) is 10.4. The zero-order valence-corrected chi connectivity index (χ0v) is 32.4. The first-order chi connectivity index (χ1) is 28.1. The van der Waals surface area contributed by atoms with Gasteiger partial charge < -0.3 is 115 Å². The van der Waals surface area contributed by atoms with Crippen molar-refractivity contribution in [2.24, 2.45) is 0 Å². The van der Waals surface area contributed by atoms with Gasteiger partial charge in [-0.15, -0.1) is 0 Å². The van der Waals surface area contributed by atoms with Crippen molar-refractivity contribution in [1.82, 2.24) is 16.0 Å². The van der Waals surface area contributed by atoms with E-state index in [1.54, 1.807) is 0 Å². The summed E-state index contributed by atoms with van der Waals surface area (Å²) in [5, 5.41) is 145. The van der Waals surface area contributed by atoms with Crippen molar-refractivity contribution in [3.63, 3.8) is 0 Å². The maximum atomic E-state index is 12.9. The number of carboxylic acid groups (broad SMARTS) is 1. The fourth-order valence-corrected chi connectivity index (χ4v) is 7.45. The van der Waals surface area contributed by atoms with Crippen molar-refractivity contribution in [3.05, 3.63) is 0 Å². The SMILES string of the molecule is CC(=O)N[C@H]1[C@H](O[C@H]2[C@@H](O)[C@@H](CO)OC(O)[C@@H]2NC(C)=O)O[C@H](CO)[C@@H](O)[C@@H]1O[C@@H]1O[C@H](CO)[C@H](O)[C@H](O[C@]2(C(=O)O)C[C@H](O)[C@@H](NC(C)=O)[C@H]([C@H](O)[C@H](O)CO)O2)[C@H]1O. The third-order valence-electron chi connectivity index (χ3n) is 10.4. The molecule has 0 aromatic carbocycles. The zero-order chi connectivity index (χ0) is 45.0. The number of hydrogen-bond donors (Lipinski definition) is 16. The number of nitrogens with one attached hydrogen (secondary N) is 3. The molecule has 0 aromatic rings. The smallest absolute Gasteiger partial charge is 0.364 e. The summed E-state index contributed by atoms with van der Waals surface area (Å²) in [6.45, 7) is -0.956. The van der Waals surface area contributed by atoms with Crippen LogP contribution in [0.1, 0.15) is 27.2 Å². The second-order valence-electron chi connectivity index (χ2n) is 14.8. The highest BCUT2D eigenvalue weighted by Crippen LogP contribution is 2.39. The van der Waals surface area contributed by atoms with Gasteiger partial charge in [0.05, 0.1) is 38.6 Å². The lowest BCUT2D eigenvalue weighted by molar-refractivity contribution is -0.383. The molecule has 4 rings (SSSR count). The van der Waals surface area contributed by atoms with E-state index in [4.69, 9.17) is 33.2 Å². The Balaban J connectivity index is 1.71. The summed E-state index contributed by atoms with van der Waals surface area (Å²) >= 11 is 0. The Kier molecular flexibility index (Phi) is 17.4. The summed E-state index contributed by atoms with van der Waals surface area (Å²) in [5.41, 5.74) is 0. The summed E-state index contributed by atoms with van der Waals surface area (Å²) in [4.78, 5) is 49.4. The summed E-state index contributed by atoms with van der Waals surface area (Å²) < 4.78 is 39.6. The van der Waals surface area contributed by atoms with E-state index in [0.29, 0.717) is 0 Å². The minimum Gasteiger partial charge on any atom is -0.477 e. The van der Waals surface area contributed by atoms with Crippen LogP contribution in [-0.2, 0) is 52.3 Å². The number of aliphatic carboxylic acids is 1. The molecule has 4 aliphatic heterocycles. The Morgan fingerprint density at radius 2 is 1.10 bits per heavy atom. The molecule has 27 heteroatoms. The molecular weight excluding hydrogens is 822 g/mol. The van der Waals surface area contributed by atoms with Gasteiger partial charge in [-0.25, -0.2) is 4.79 Å². The van der Waals surface area contributed by atoms with Gasteiger partial charge in [0.1, 0.15) is 91.4 Å². The predicted octanol–water partition coefficient (Wildman–Crippen LogP) is -10.1. The van der Waals surface area contributed by atoms with Gasteiger partial charge in [0, 0.05) is 27.2 Å². The van der Waals surface area contributed by atoms with E-state index in [2.05, 4.69) is 16.0 Å². The van der Waals surface area contributed by atoms with Crippen LogP contribution in [0.5, 0.6) is 0 Å². The molecule has 4 heterocycles. The average molecular weight is 878 g/mol. The Morgan fingerprint density at radius 3 is 1.60 bits per heavy atom. The molecule has 3 amide bonds. The van der Waals surface area contributed by atoms with Crippen molar-refractivity contribution in [3.8, 4) is 0 Å². The lowest BCUT2D eigenvalue weighted by Crippen LogP contribution is -2.72. The van der Waals surface area contributed by atoms with Crippen LogP contribution in [0.2, 0.25) is 0 Å². The molecule has 0 aromatic heterocycles. The van der Waals surface area contributed by atoms with Crippen LogP contribution in [0.4, 0.5) is 0 Å². The second kappa shape index (κ2) is 21.0. The lowest BCUT2D eigenvalue weighted by Gasteiger charge is -2.51. The number of carboxylic acids is 1. The van der Waals surface area contributed by atoms with Crippen LogP contribution in [0, 0.1) is 0 Å². The van der Waals surface area contributed by atoms with Gasteiger partial charge in [0.25, 0.3) is 5.79 Å². The van der Waals surface area contributed by atoms with Crippen molar-refractivity contribution in [2.45, 2.75) is 155 Å². The van der Waals surface area contributed by atoms with Gasteiger partial charge in [0.15, 0.2) is 18.9 Å². The van der Waals surface area contributed by atoms with E-state index in [1.807, 2.05) is 0 Å². The predicted molar refractivity (Wildman–Crippen MR) is 186 cm³/mol. The molecule has 0 aliphatic carbocycles. The topological polar surface area (TPSA) is 432 Å². The molecule has 4 aliphatic rings. The van der Waals surface area contributed by atoms with E-state index in [-0.39, 0.29) is 0 Å². The van der Waals surface area contributed by atoms with Crippen LogP contribution in [0.3, 0.4) is 0 Å². The van der Waals surface area contributed by atoms with Gasteiger partial charge in [-0.2, -0.15) is 0 Å². The molecule has 4 saturated heterocycles. The van der Waals surface area contributed by atoms with Crippen molar-refractivity contribution in [2.75, 3.05) is 26.4 Å². The monoisotopic (exact) mass is 877 g/mol. The Bertz CT molecular complexity index is 1470. The van der Waals surface area contributed by atoms with E-state index >= 15 is 0 Å². The summed E-state index contributed by atoms with van der Waals surface area (Å²) in [7, 11) is 0. The highest BCUT2D eigenvalue weighted by Gasteiger charge is 2.60. The van der Waals surface area contributed by atoms with Gasteiger partial charge in [-0.05, 0) is 0 Å². The first-order valence-electron chi connectivity index (χ1n) is 18.7. The fourth-order valence-electron chi connectivity index (χ4n) is 7.45. The molecule has 0 bridgehead atoms. The first-order valence-corrected chi connectivity index (χ1v) is 18.7. The number of ether oxygens (including phenoxy) is 7. The van der Waals surface area contributed by atoms with Crippen LogP contribution >= 0.6 is 0 Å². The second-order valence-corrected chi connectivity index (χ2v) is 14.8. The van der Waals surface area contributed by atoms with Gasteiger partial charge in [-0.3, -0.25) is 14.4 Å². The molecule has 4 fully saturated rings. The lowest BCUT2D eigenvalue weighted by atomic mass is 9.88. The van der Waals surface area contributed by atoms with E-state index in [1.165, 1.54) is 0 Å². The molecule has 0 saturated carbocycles. The van der Waals surface area contributed by atoms with Crippen LogP contribution in [0.25, 0.3) is 0 Å². The zero-order valence-electron chi connectivity index (χ0n) is 32.4. The first kappa shape index (κ1) is 49.8. The van der Waals surface area contributed by atoms with Crippen LogP contribution in [-0.4, -0.2) is 245 Å². The number of carbonyl (C=O) groups is 4. The van der Waals surface area contributed by atoms with Gasteiger partial charge in [0.2, 0.25) is 17.7 Å². The number of amides is 3. The highest BCUT2D eigenvalue weighted by atomic mass is 16.8. The molecule has 60 heavy (non-hydrogen) atoms. The molecule has 16 N–H and O–H groups in total. The van der Waals surface area contributed by atoms with Crippen LogP contribution < -0.4 is 16.0 Å². The van der Waals surface area contributed by atoms with Gasteiger partial charge in [-0.1, -0.05) is 0 Å². The van der Waals surface area contributed by atoms with E-state index in [0.717, 1.165) is 20.8 Å². The third kappa shape index (κ3) is 10.8. The number of carbonyl (C=O) groups excluding carboxylic acids is 3. The average Bonchev–Trinajstić information content (AvgIpc) is 3.18. The van der Waals surface area contributed by atoms with Crippen LogP contribution in [0.15, 0.2) is 0 Å². The minimum atomic E-state index is -3.15. The maximum Gasteiger partial charge on any atom is 0.364 e. The Hall–Kier alpha value is -2.88. The molecule has 1 unspecified atom stereocenters. The quantitative estimate of drug-likeness (QED) is 0.0684. The van der Waals surface area contributed by atoms with Crippen molar-refractivity contribution >= 4 is 23.7 Å². The normalized spacial score (nSPS) is 43.3. The summed E-state index contributed by atoms with van der Waals surface area (Å²) in [5.74, 6) is -7.56. The molecular formula is C33H55N3O24. The number of rotatable bonds is 16. The molecule has 0 radical (unpaired) electrons. The largest absolute Gasteiger partial charge is 0.477 e. The van der Waals surface area contributed by atoms with Crippen molar-refractivity contribution in [1.29, 1.82) is 0 Å². The maximum absolute atomic E-state index is 12.9. The fraction of sp³-hybridized carbons (Fsp3) is 0.879. The minimum absolute atomic E-state index is 0.737. The summed E-state index contributed by atoms with van der Waals surface area (Å²) in [6, 6.07) is -4.91. The number of aliphatic hydroxyl groups excluding tert-OH is 12. The number of hydrogen-bond acceptors (Lipinski definition) is 23. The highest BCUT2D eigenvalue weighted by molar-refractivity contribution is 5.77.